The number of hydrogen-bond donors (Lipinski definition) is 2. The van der Waals surface area contributed by atoms with Gasteiger partial charge in [0.1, 0.15) is 5.75 Å². The van der Waals surface area contributed by atoms with Crippen molar-refractivity contribution in [2.24, 2.45) is 4.99 Å². The summed E-state index contributed by atoms with van der Waals surface area (Å²) in [7, 11) is 1.72. The molecule has 0 amide bonds. The third-order valence-corrected chi connectivity index (χ3v) is 6.32. The van der Waals surface area contributed by atoms with Crippen molar-refractivity contribution in [2.45, 2.75) is 45.2 Å². The first-order chi connectivity index (χ1) is 15.2. The highest BCUT2D eigenvalue weighted by molar-refractivity contribution is 5.79. The summed E-state index contributed by atoms with van der Waals surface area (Å²) in [6.07, 6.45) is 3.89. The zero-order valence-corrected chi connectivity index (χ0v) is 19.6. The predicted octanol–water partition coefficient (Wildman–Crippen LogP) is 2.50. The fourth-order valence-corrected chi connectivity index (χ4v) is 4.41. The Hall–Kier alpha value is -1.83. The molecule has 2 heterocycles. The van der Waals surface area contributed by atoms with Crippen molar-refractivity contribution in [1.29, 1.82) is 0 Å². The lowest BCUT2D eigenvalue weighted by atomic mass is 10.0. The second-order valence-corrected chi connectivity index (χ2v) is 8.48. The molecule has 2 aliphatic heterocycles. The minimum absolute atomic E-state index is 0.326. The summed E-state index contributed by atoms with van der Waals surface area (Å²) in [5, 5.41) is 7.05. The molecule has 2 unspecified atom stereocenters. The number of nitrogens with zero attached hydrogens (tertiary/aromatic N) is 3. The van der Waals surface area contributed by atoms with Gasteiger partial charge in [0.2, 0.25) is 0 Å². The van der Waals surface area contributed by atoms with Crippen LogP contribution in [0.15, 0.2) is 29.3 Å². The van der Waals surface area contributed by atoms with Gasteiger partial charge in [0.15, 0.2) is 5.96 Å². The third-order valence-electron chi connectivity index (χ3n) is 6.32. The molecule has 7 heteroatoms. The van der Waals surface area contributed by atoms with Gasteiger partial charge in [-0.1, -0.05) is 18.6 Å². The van der Waals surface area contributed by atoms with Gasteiger partial charge >= 0.3 is 0 Å². The molecule has 2 N–H and O–H groups in total. The van der Waals surface area contributed by atoms with Gasteiger partial charge in [0.25, 0.3) is 0 Å². The SMILES string of the molecule is CCNC(=NCC(C)N1CCOCC1)NCC(c1ccc(OC)cc1)N1CCCCC1. The fraction of sp³-hybridized carbons (Fsp3) is 0.708. The molecule has 2 atom stereocenters. The topological polar surface area (TPSA) is 61.4 Å². The quantitative estimate of drug-likeness (QED) is 0.463. The molecule has 174 valence electrons. The average molecular weight is 432 g/mol. The van der Waals surface area contributed by atoms with E-state index in [0.29, 0.717) is 12.1 Å². The highest BCUT2D eigenvalue weighted by Gasteiger charge is 2.23. The Bertz CT molecular complexity index is 654. The molecule has 7 nitrogen and oxygen atoms in total. The van der Waals surface area contributed by atoms with Crippen LogP contribution < -0.4 is 15.4 Å². The molecular formula is C24H41N5O2. The van der Waals surface area contributed by atoms with Crippen molar-refractivity contribution < 1.29 is 9.47 Å². The Morgan fingerprint density at radius 2 is 1.74 bits per heavy atom. The van der Waals surface area contributed by atoms with E-state index < -0.39 is 0 Å². The lowest BCUT2D eigenvalue weighted by Crippen LogP contribution is -2.46. The summed E-state index contributed by atoms with van der Waals surface area (Å²) in [5.41, 5.74) is 1.33. The number of ether oxygens (including phenoxy) is 2. The Morgan fingerprint density at radius 3 is 2.39 bits per heavy atom. The van der Waals surface area contributed by atoms with Gasteiger partial charge in [0, 0.05) is 32.2 Å². The number of guanidine groups is 1. The first-order valence-corrected chi connectivity index (χ1v) is 11.9. The zero-order valence-electron chi connectivity index (χ0n) is 19.6. The van der Waals surface area contributed by atoms with E-state index in [1.165, 1.54) is 24.8 Å². The van der Waals surface area contributed by atoms with Crippen molar-refractivity contribution in [1.82, 2.24) is 20.4 Å². The molecule has 3 rings (SSSR count). The van der Waals surface area contributed by atoms with E-state index in [1.807, 2.05) is 0 Å². The van der Waals surface area contributed by atoms with Gasteiger partial charge in [-0.2, -0.15) is 0 Å². The molecule has 1 aromatic rings. The molecule has 0 aromatic heterocycles. The van der Waals surface area contributed by atoms with Gasteiger partial charge in [-0.15, -0.1) is 0 Å². The molecule has 0 saturated carbocycles. The number of methoxy groups -OCH3 is 1. The molecular weight excluding hydrogens is 390 g/mol. The van der Waals surface area contributed by atoms with E-state index in [1.54, 1.807) is 7.11 Å². The second kappa shape index (κ2) is 12.9. The molecule has 0 radical (unpaired) electrons. The van der Waals surface area contributed by atoms with E-state index in [2.05, 4.69) is 58.5 Å². The van der Waals surface area contributed by atoms with E-state index in [-0.39, 0.29) is 0 Å². The van der Waals surface area contributed by atoms with E-state index in [4.69, 9.17) is 14.5 Å². The largest absolute Gasteiger partial charge is 0.497 e. The number of benzene rings is 1. The smallest absolute Gasteiger partial charge is 0.191 e. The minimum atomic E-state index is 0.326. The van der Waals surface area contributed by atoms with Gasteiger partial charge in [-0.3, -0.25) is 14.8 Å². The summed E-state index contributed by atoms with van der Waals surface area (Å²) in [4.78, 5) is 9.97. The molecule has 0 aliphatic carbocycles. The zero-order chi connectivity index (χ0) is 21.9. The summed E-state index contributed by atoms with van der Waals surface area (Å²) in [6.45, 7) is 12.8. The lowest BCUT2D eigenvalue weighted by molar-refractivity contribution is 0.0220. The Morgan fingerprint density at radius 1 is 1.03 bits per heavy atom. The average Bonchev–Trinajstić information content (AvgIpc) is 2.84. The minimum Gasteiger partial charge on any atom is -0.497 e. The van der Waals surface area contributed by atoms with Gasteiger partial charge in [-0.25, -0.2) is 0 Å². The van der Waals surface area contributed by atoms with Crippen LogP contribution in [-0.4, -0.2) is 87.9 Å². The van der Waals surface area contributed by atoms with Crippen molar-refractivity contribution in [3.05, 3.63) is 29.8 Å². The number of hydrogen-bond acceptors (Lipinski definition) is 5. The van der Waals surface area contributed by atoms with Crippen molar-refractivity contribution in [3.8, 4) is 5.75 Å². The van der Waals surface area contributed by atoms with Crippen LogP contribution in [0.3, 0.4) is 0 Å². The van der Waals surface area contributed by atoms with Crippen molar-refractivity contribution in [2.75, 3.05) is 66.1 Å². The van der Waals surface area contributed by atoms with Crippen LogP contribution in [0.2, 0.25) is 0 Å². The maximum atomic E-state index is 5.48. The van der Waals surface area contributed by atoms with Crippen LogP contribution in [0.5, 0.6) is 5.75 Å². The normalized spacial score (nSPS) is 20.8. The van der Waals surface area contributed by atoms with Crippen molar-refractivity contribution in [3.63, 3.8) is 0 Å². The highest BCUT2D eigenvalue weighted by atomic mass is 16.5. The number of likely N-dealkylation sites (tertiary alicyclic amines) is 1. The molecule has 2 saturated heterocycles. The molecule has 2 aliphatic rings. The Balaban J connectivity index is 1.64. The molecule has 0 bridgehead atoms. The number of nitrogens with one attached hydrogen (secondary N) is 2. The Kier molecular flexibility index (Phi) is 9.90. The van der Waals surface area contributed by atoms with Crippen LogP contribution in [0.4, 0.5) is 0 Å². The van der Waals surface area contributed by atoms with Crippen LogP contribution in [0.25, 0.3) is 0 Å². The number of morpholine rings is 1. The standard InChI is InChI=1S/C24H41N5O2/c1-4-25-24(26-18-20(2)28-14-16-31-17-15-28)27-19-23(29-12-6-5-7-13-29)21-8-10-22(30-3)11-9-21/h8-11,20,23H,4-7,12-19H2,1-3H3,(H2,25,26,27). The number of rotatable bonds is 9. The molecule has 1 aromatic carbocycles. The lowest BCUT2D eigenvalue weighted by Gasteiger charge is -2.35. The number of aliphatic imine (C=N–C) groups is 1. The van der Waals surface area contributed by atoms with Gasteiger partial charge < -0.3 is 20.1 Å². The van der Waals surface area contributed by atoms with Gasteiger partial charge in [-0.05, 0) is 57.5 Å². The molecule has 2 fully saturated rings. The maximum absolute atomic E-state index is 5.48. The van der Waals surface area contributed by atoms with Crippen LogP contribution in [-0.2, 0) is 4.74 Å². The maximum Gasteiger partial charge on any atom is 0.191 e. The van der Waals surface area contributed by atoms with Crippen LogP contribution in [0, 0.1) is 0 Å². The second-order valence-electron chi connectivity index (χ2n) is 8.48. The van der Waals surface area contributed by atoms with E-state index in [0.717, 1.165) is 70.7 Å². The molecule has 31 heavy (non-hydrogen) atoms. The first-order valence-electron chi connectivity index (χ1n) is 11.9. The molecule has 0 spiro atoms. The van der Waals surface area contributed by atoms with Crippen molar-refractivity contribution >= 4 is 5.96 Å². The van der Waals surface area contributed by atoms with Crippen LogP contribution in [0.1, 0.15) is 44.7 Å². The van der Waals surface area contributed by atoms with E-state index in [9.17, 15) is 0 Å². The van der Waals surface area contributed by atoms with Crippen LogP contribution >= 0.6 is 0 Å². The highest BCUT2D eigenvalue weighted by Crippen LogP contribution is 2.25. The third kappa shape index (κ3) is 7.37. The summed E-state index contributed by atoms with van der Waals surface area (Å²) in [5.74, 6) is 1.80. The summed E-state index contributed by atoms with van der Waals surface area (Å²) < 4.78 is 10.8. The summed E-state index contributed by atoms with van der Waals surface area (Å²) in [6, 6.07) is 9.27. The fourth-order valence-electron chi connectivity index (χ4n) is 4.41. The van der Waals surface area contributed by atoms with Gasteiger partial charge in [0.05, 0.1) is 32.9 Å². The summed E-state index contributed by atoms with van der Waals surface area (Å²) >= 11 is 0. The Labute approximate surface area is 188 Å². The number of piperidine rings is 1. The first kappa shape index (κ1) is 23.8. The van der Waals surface area contributed by atoms with E-state index >= 15 is 0 Å². The monoisotopic (exact) mass is 431 g/mol. The predicted molar refractivity (Wildman–Crippen MR) is 127 cm³/mol.